The summed E-state index contributed by atoms with van der Waals surface area (Å²) in [5, 5.41) is 1.79. The Hall–Kier alpha value is -3.52. The van der Waals surface area contributed by atoms with Crippen LogP contribution in [0.25, 0.3) is 0 Å². The molecular weight excluding hydrogens is 416 g/mol. The van der Waals surface area contributed by atoms with Crippen LogP contribution >= 0.6 is 11.3 Å². The Morgan fingerprint density at radius 1 is 0.968 bits per heavy atom. The van der Waals surface area contributed by atoms with E-state index < -0.39 is 12.6 Å². The first-order chi connectivity index (χ1) is 14.9. The van der Waals surface area contributed by atoms with Gasteiger partial charge in [0.2, 0.25) is 5.78 Å². The Balaban J connectivity index is 1.55. The maximum atomic E-state index is 12.5. The zero-order valence-electron chi connectivity index (χ0n) is 17.2. The van der Waals surface area contributed by atoms with Crippen LogP contribution in [0.15, 0.2) is 53.9 Å². The summed E-state index contributed by atoms with van der Waals surface area (Å²) in [7, 11) is 0. The molecule has 3 aromatic rings. The van der Waals surface area contributed by atoms with Crippen molar-refractivity contribution in [2.45, 2.75) is 26.7 Å². The molecule has 0 bridgehead atoms. The van der Waals surface area contributed by atoms with Crippen LogP contribution in [0.2, 0.25) is 0 Å². The number of hydrogen-bond donors (Lipinski definition) is 1. The number of rotatable bonds is 9. The SMILES string of the molecule is Cc1cc(C(=O)COC(=O)CCC(=O)c2cccs2)c(C)n1NC(=O)c1ccccc1. The van der Waals surface area contributed by atoms with Crippen molar-refractivity contribution in [2.75, 3.05) is 12.0 Å². The molecule has 0 aliphatic rings. The summed E-state index contributed by atoms with van der Waals surface area (Å²) < 4.78 is 6.58. The number of ketones is 2. The van der Waals surface area contributed by atoms with Crippen LogP contribution in [0.1, 0.15) is 54.6 Å². The van der Waals surface area contributed by atoms with Crippen molar-refractivity contribution in [3.05, 3.63) is 81.3 Å². The molecule has 3 rings (SSSR count). The zero-order valence-corrected chi connectivity index (χ0v) is 18.0. The standard InChI is InChI=1S/C23H22N2O5S/c1-15-13-18(16(2)25(15)24-23(29)17-7-4-3-5-8-17)20(27)14-30-22(28)11-10-19(26)21-9-6-12-31-21/h3-9,12-13H,10-11,14H2,1-2H3,(H,24,29). The van der Waals surface area contributed by atoms with Gasteiger partial charge in [-0.25, -0.2) is 0 Å². The molecule has 31 heavy (non-hydrogen) atoms. The summed E-state index contributed by atoms with van der Waals surface area (Å²) in [6.07, 6.45) is -0.0518. The summed E-state index contributed by atoms with van der Waals surface area (Å²) in [4.78, 5) is 49.4. The minimum atomic E-state index is -0.607. The number of benzene rings is 1. The maximum Gasteiger partial charge on any atom is 0.306 e. The van der Waals surface area contributed by atoms with E-state index in [1.165, 1.54) is 16.0 Å². The number of esters is 1. The fourth-order valence-corrected chi connectivity index (χ4v) is 3.74. The fraction of sp³-hybridized carbons (Fsp3) is 0.217. The second-order valence-electron chi connectivity index (χ2n) is 6.91. The molecule has 1 aromatic carbocycles. The third-order valence-electron chi connectivity index (χ3n) is 4.70. The highest BCUT2D eigenvalue weighted by atomic mass is 32.1. The molecule has 2 heterocycles. The van der Waals surface area contributed by atoms with E-state index in [-0.39, 0.29) is 30.3 Å². The Labute approximate surface area is 183 Å². The van der Waals surface area contributed by atoms with Gasteiger partial charge in [0, 0.05) is 28.9 Å². The third-order valence-corrected chi connectivity index (χ3v) is 5.61. The number of nitrogens with one attached hydrogen (secondary N) is 1. The van der Waals surface area contributed by atoms with Gasteiger partial charge >= 0.3 is 5.97 Å². The van der Waals surface area contributed by atoms with Crippen LogP contribution in [0.3, 0.4) is 0 Å². The van der Waals surface area contributed by atoms with Gasteiger partial charge in [0.1, 0.15) is 0 Å². The molecule has 0 aliphatic heterocycles. The molecule has 1 N–H and O–H groups in total. The van der Waals surface area contributed by atoms with Crippen LogP contribution in [-0.4, -0.2) is 34.7 Å². The number of aromatic nitrogens is 1. The van der Waals surface area contributed by atoms with Crippen molar-refractivity contribution in [2.24, 2.45) is 0 Å². The van der Waals surface area contributed by atoms with Crippen molar-refractivity contribution >= 4 is 34.8 Å². The van der Waals surface area contributed by atoms with E-state index in [2.05, 4.69) is 5.43 Å². The number of Topliss-reactive ketones (excluding diaryl/α,β-unsaturated/α-hetero) is 2. The number of thiophene rings is 1. The highest BCUT2D eigenvalue weighted by Gasteiger charge is 2.19. The van der Waals surface area contributed by atoms with E-state index in [4.69, 9.17) is 4.74 Å². The second kappa shape index (κ2) is 9.99. The monoisotopic (exact) mass is 438 g/mol. The molecule has 0 fully saturated rings. The molecule has 0 radical (unpaired) electrons. The number of ether oxygens (including phenoxy) is 1. The molecule has 8 heteroatoms. The second-order valence-corrected chi connectivity index (χ2v) is 7.86. The van der Waals surface area contributed by atoms with E-state index in [0.29, 0.717) is 27.4 Å². The minimum Gasteiger partial charge on any atom is -0.457 e. The van der Waals surface area contributed by atoms with Gasteiger partial charge in [0.05, 0.1) is 11.3 Å². The van der Waals surface area contributed by atoms with Crippen LogP contribution in [0.4, 0.5) is 0 Å². The molecular formula is C23H22N2O5S. The van der Waals surface area contributed by atoms with E-state index in [1.54, 1.807) is 61.7 Å². The van der Waals surface area contributed by atoms with Gasteiger partial charge in [-0.3, -0.25) is 29.3 Å². The van der Waals surface area contributed by atoms with Crippen molar-refractivity contribution in [3.63, 3.8) is 0 Å². The normalized spacial score (nSPS) is 10.5. The number of hydrogen-bond acceptors (Lipinski definition) is 6. The smallest absolute Gasteiger partial charge is 0.306 e. The summed E-state index contributed by atoms with van der Waals surface area (Å²) in [5.41, 5.74) is 4.81. The molecule has 160 valence electrons. The molecule has 0 saturated heterocycles. The number of aryl methyl sites for hydroxylation is 1. The van der Waals surface area contributed by atoms with Gasteiger partial charge in [-0.2, -0.15) is 0 Å². The third kappa shape index (κ3) is 5.55. The molecule has 0 unspecified atom stereocenters. The molecule has 7 nitrogen and oxygen atoms in total. The molecule has 0 atom stereocenters. The lowest BCUT2D eigenvalue weighted by Crippen LogP contribution is -2.25. The molecule has 0 spiro atoms. The van der Waals surface area contributed by atoms with Crippen LogP contribution < -0.4 is 5.43 Å². The summed E-state index contributed by atoms with van der Waals surface area (Å²) in [5.74, 6) is -1.42. The topological polar surface area (TPSA) is 94.5 Å². The van der Waals surface area contributed by atoms with Gasteiger partial charge in [0.25, 0.3) is 5.91 Å². The van der Waals surface area contributed by atoms with Gasteiger partial charge in [-0.1, -0.05) is 24.3 Å². The number of amides is 1. The maximum absolute atomic E-state index is 12.5. The first-order valence-electron chi connectivity index (χ1n) is 9.67. The van der Waals surface area contributed by atoms with Gasteiger partial charge in [-0.15, -0.1) is 11.3 Å². The van der Waals surface area contributed by atoms with Crippen molar-refractivity contribution in [3.8, 4) is 0 Å². The number of carbonyl (C=O) groups excluding carboxylic acids is 4. The average Bonchev–Trinajstić information content (AvgIpc) is 3.41. The first kappa shape index (κ1) is 22.2. The highest BCUT2D eigenvalue weighted by Crippen LogP contribution is 2.16. The Morgan fingerprint density at radius 2 is 1.71 bits per heavy atom. The van der Waals surface area contributed by atoms with E-state index in [0.717, 1.165) is 0 Å². The Morgan fingerprint density at radius 3 is 2.39 bits per heavy atom. The van der Waals surface area contributed by atoms with Crippen molar-refractivity contribution in [1.29, 1.82) is 0 Å². The summed E-state index contributed by atoms with van der Waals surface area (Å²) in [6.45, 7) is 3.03. The quantitative estimate of drug-likeness (QED) is 0.403. The average molecular weight is 439 g/mol. The summed E-state index contributed by atoms with van der Waals surface area (Å²) >= 11 is 1.32. The first-order valence-corrected chi connectivity index (χ1v) is 10.6. The lowest BCUT2D eigenvalue weighted by Gasteiger charge is -2.11. The Kier molecular flexibility index (Phi) is 7.15. The van der Waals surface area contributed by atoms with Crippen LogP contribution in [-0.2, 0) is 9.53 Å². The van der Waals surface area contributed by atoms with E-state index in [9.17, 15) is 19.2 Å². The predicted octanol–water partition coefficient (Wildman–Crippen LogP) is 3.94. The van der Waals surface area contributed by atoms with Gasteiger partial charge in [0.15, 0.2) is 12.4 Å². The molecule has 0 saturated carbocycles. The number of carbonyl (C=O) groups is 4. The van der Waals surface area contributed by atoms with Gasteiger partial charge < -0.3 is 4.74 Å². The van der Waals surface area contributed by atoms with Crippen LogP contribution in [0.5, 0.6) is 0 Å². The molecule has 1 amide bonds. The van der Waals surface area contributed by atoms with Gasteiger partial charge in [-0.05, 0) is 43.5 Å². The fourth-order valence-electron chi connectivity index (χ4n) is 3.04. The van der Waals surface area contributed by atoms with Crippen molar-refractivity contribution in [1.82, 2.24) is 4.68 Å². The number of nitrogens with zero attached hydrogens (tertiary/aromatic N) is 1. The lowest BCUT2D eigenvalue weighted by atomic mass is 10.1. The highest BCUT2D eigenvalue weighted by molar-refractivity contribution is 7.12. The van der Waals surface area contributed by atoms with E-state index in [1.807, 2.05) is 6.07 Å². The minimum absolute atomic E-state index is 0.0353. The van der Waals surface area contributed by atoms with Crippen molar-refractivity contribution < 1.29 is 23.9 Å². The zero-order chi connectivity index (χ0) is 22.4. The predicted molar refractivity (Wildman–Crippen MR) is 117 cm³/mol. The largest absolute Gasteiger partial charge is 0.457 e. The molecule has 2 aromatic heterocycles. The van der Waals surface area contributed by atoms with Crippen LogP contribution in [0, 0.1) is 13.8 Å². The summed E-state index contributed by atoms with van der Waals surface area (Å²) in [6, 6.07) is 13.8. The Bertz CT molecular complexity index is 1100. The molecule has 0 aliphatic carbocycles. The lowest BCUT2D eigenvalue weighted by molar-refractivity contribution is -0.142. The van der Waals surface area contributed by atoms with E-state index >= 15 is 0 Å².